The number of halogens is 1. The molecule has 0 aromatic heterocycles. The van der Waals surface area contributed by atoms with E-state index in [0.717, 1.165) is 0 Å². The molecule has 1 aromatic carbocycles. The molecule has 0 amide bonds. The van der Waals surface area contributed by atoms with Crippen LogP contribution in [0.2, 0.25) is 0 Å². The van der Waals surface area contributed by atoms with Gasteiger partial charge in [0.2, 0.25) is 0 Å². The lowest BCUT2D eigenvalue weighted by Gasteiger charge is -2.21. The maximum Gasteiger partial charge on any atom is 0.137 e. The number of hydrogen-bond donors (Lipinski definition) is 2. The summed E-state index contributed by atoms with van der Waals surface area (Å²) >= 11 is 4.81. The van der Waals surface area contributed by atoms with E-state index in [-0.39, 0.29) is 17.2 Å². The minimum Gasteiger partial charge on any atom is -0.395 e. The highest BCUT2D eigenvalue weighted by Crippen LogP contribution is 2.15. The van der Waals surface area contributed by atoms with Gasteiger partial charge in [0.1, 0.15) is 10.8 Å². The Kier molecular flexibility index (Phi) is 6.86. The minimum absolute atomic E-state index is 0.0142. The molecule has 0 aliphatic heterocycles. The first-order valence-electron chi connectivity index (χ1n) is 5.99. The van der Waals surface area contributed by atoms with Gasteiger partial charge >= 0.3 is 0 Å². The van der Waals surface area contributed by atoms with Crippen LogP contribution in [-0.2, 0) is 11.3 Å². The van der Waals surface area contributed by atoms with Crippen molar-refractivity contribution in [3.8, 4) is 0 Å². The van der Waals surface area contributed by atoms with Crippen LogP contribution >= 0.6 is 12.2 Å². The Morgan fingerprint density at radius 1 is 1.47 bits per heavy atom. The van der Waals surface area contributed by atoms with Gasteiger partial charge < -0.3 is 15.6 Å². The topological polar surface area (TPSA) is 58.7 Å². The number of methoxy groups -OCH3 is 1. The van der Waals surface area contributed by atoms with Gasteiger partial charge in [-0.05, 0) is 6.07 Å². The van der Waals surface area contributed by atoms with Crippen LogP contribution in [0.15, 0.2) is 18.2 Å². The fourth-order valence-corrected chi connectivity index (χ4v) is 1.92. The zero-order valence-electron chi connectivity index (χ0n) is 10.9. The maximum absolute atomic E-state index is 14.2. The summed E-state index contributed by atoms with van der Waals surface area (Å²) in [6.45, 7) is 2.00. The summed E-state index contributed by atoms with van der Waals surface area (Å²) in [4.78, 5) is 1.95. The van der Waals surface area contributed by atoms with Crippen molar-refractivity contribution >= 4 is 17.2 Å². The Bertz CT molecular complexity index is 429. The highest BCUT2D eigenvalue weighted by Gasteiger charge is 2.13. The summed E-state index contributed by atoms with van der Waals surface area (Å²) < 4.78 is 19.1. The third kappa shape index (κ3) is 4.83. The number of aliphatic hydroxyl groups is 1. The van der Waals surface area contributed by atoms with Gasteiger partial charge in [0.25, 0.3) is 0 Å². The number of benzene rings is 1. The summed E-state index contributed by atoms with van der Waals surface area (Å²) in [5, 5.41) is 9.01. The molecule has 0 fully saturated rings. The van der Waals surface area contributed by atoms with Crippen molar-refractivity contribution in [2.45, 2.75) is 6.54 Å². The molecule has 3 N–H and O–H groups in total. The molecule has 6 heteroatoms. The predicted octanol–water partition coefficient (Wildman–Crippen LogP) is 0.901. The first-order valence-corrected chi connectivity index (χ1v) is 6.40. The molecular formula is C13H19FN2O2S. The molecule has 0 radical (unpaired) electrons. The monoisotopic (exact) mass is 286 g/mol. The predicted molar refractivity (Wildman–Crippen MR) is 76.5 cm³/mol. The van der Waals surface area contributed by atoms with Gasteiger partial charge in [0, 0.05) is 37.9 Å². The van der Waals surface area contributed by atoms with Crippen molar-refractivity contribution in [1.29, 1.82) is 0 Å². The van der Waals surface area contributed by atoms with E-state index in [4.69, 9.17) is 27.8 Å². The first-order chi connectivity index (χ1) is 9.10. The molecule has 0 heterocycles. The molecule has 0 spiro atoms. The molecule has 0 atom stereocenters. The minimum atomic E-state index is -0.393. The van der Waals surface area contributed by atoms with Crippen LogP contribution in [0.5, 0.6) is 0 Å². The van der Waals surface area contributed by atoms with E-state index in [1.54, 1.807) is 25.3 Å². The van der Waals surface area contributed by atoms with E-state index in [9.17, 15) is 4.39 Å². The summed E-state index contributed by atoms with van der Waals surface area (Å²) in [6, 6.07) is 4.97. The van der Waals surface area contributed by atoms with Gasteiger partial charge in [-0.2, -0.15) is 0 Å². The zero-order valence-corrected chi connectivity index (χ0v) is 11.8. The van der Waals surface area contributed by atoms with Gasteiger partial charge in [-0.15, -0.1) is 0 Å². The number of thiocarbonyl (C=S) groups is 1. The van der Waals surface area contributed by atoms with Crippen LogP contribution in [0.4, 0.5) is 4.39 Å². The molecule has 0 aliphatic rings. The Labute approximate surface area is 118 Å². The van der Waals surface area contributed by atoms with Crippen molar-refractivity contribution in [1.82, 2.24) is 4.90 Å². The summed E-state index contributed by atoms with van der Waals surface area (Å²) in [7, 11) is 1.60. The Balaban J connectivity index is 2.83. The highest BCUT2D eigenvalue weighted by atomic mass is 32.1. The van der Waals surface area contributed by atoms with Crippen molar-refractivity contribution < 1.29 is 14.2 Å². The van der Waals surface area contributed by atoms with E-state index in [2.05, 4.69) is 0 Å². The van der Waals surface area contributed by atoms with Gasteiger partial charge in [-0.1, -0.05) is 24.4 Å². The van der Waals surface area contributed by atoms with Crippen LogP contribution < -0.4 is 5.73 Å². The van der Waals surface area contributed by atoms with E-state index < -0.39 is 5.82 Å². The van der Waals surface area contributed by atoms with Crippen molar-refractivity contribution in [3.63, 3.8) is 0 Å². The number of nitrogens with zero attached hydrogens (tertiary/aromatic N) is 1. The number of ether oxygens (including phenoxy) is 1. The highest BCUT2D eigenvalue weighted by molar-refractivity contribution is 7.80. The fraction of sp³-hybridized carbons (Fsp3) is 0.462. The molecule has 0 unspecified atom stereocenters. The second-order valence-electron chi connectivity index (χ2n) is 4.14. The molecule has 0 bridgehead atoms. The number of rotatable bonds is 8. The van der Waals surface area contributed by atoms with Gasteiger partial charge in [0.15, 0.2) is 0 Å². The second kappa shape index (κ2) is 8.16. The largest absolute Gasteiger partial charge is 0.395 e. The first kappa shape index (κ1) is 16.0. The van der Waals surface area contributed by atoms with E-state index in [1.165, 1.54) is 0 Å². The standard InChI is InChI=1S/C13H19FN2O2S/c1-18-8-6-16(5-7-17)9-10-3-2-4-11(12(10)14)13(15)19/h2-4,17H,5-9H2,1H3,(H2,15,19). The van der Waals surface area contributed by atoms with Crippen LogP contribution in [0.3, 0.4) is 0 Å². The van der Waals surface area contributed by atoms with Crippen LogP contribution in [0.1, 0.15) is 11.1 Å². The normalized spacial score (nSPS) is 10.9. The molecule has 0 aliphatic carbocycles. The molecule has 106 valence electrons. The van der Waals surface area contributed by atoms with E-state index in [1.807, 2.05) is 4.90 Å². The number of hydrogen-bond acceptors (Lipinski definition) is 4. The SMILES string of the molecule is COCCN(CCO)Cc1cccc(C(N)=S)c1F. The van der Waals surface area contributed by atoms with E-state index in [0.29, 0.717) is 31.8 Å². The average Bonchev–Trinajstić information content (AvgIpc) is 2.38. The third-order valence-corrected chi connectivity index (χ3v) is 2.99. The molecule has 1 aromatic rings. The quantitative estimate of drug-likeness (QED) is 0.695. The van der Waals surface area contributed by atoms with Crippen molar-refractivity contribution in [2.24, 2.45) is 5.73 Å². The van der Waals surface area contributed by atoms with Gasteiger partial charge in [-0.25, -0.2) is 4.39 Å². The fourth-order valence-electron chi connectivity index (χ4n) is 1.76. The lowest BCUT2D eigenvalue weighted by molar-refractivity contribution is 0.126. The second-order valence-corrected chi connectivity index (χ2v) is 4.58. The van der Waals surface area contributed by atoms with Gasteiger partial charge in [-0.3, -0.25) is 4.90 Å². The Morgan fingerprint density at radius 3 is 2.79 bits per heavy atom. The van der Waals surface area contributed by atoms with Crippen LogP contribution in [0, 0.1) is 5.82 Å². The maximum atomic E-state index is 14.2. The Morgan fingerprint density at radius 2 is 2.21 bits per heavy atom. The van der Waals surface area contributed by atoms with Gasteiger partial charge in [0.05, 0.1) is 13.2 Å². The van der Waals surface area contributed by atoms with Crippen molar-refractivity contribution in [3.05, 3.63) is 35.1 Å². The number of nitrogens with two attached hydrogens (primary N) is 1. The lowest BCUT2D eigenvalue weighted by Crippen LogP contribution is -2.30. The van der Waals surface area contributed by atoms with Crippen LogP contribution in [-0.4, -0.2) is 48.4 Å². The summed E-state index contributed by atoms with van der Waals surface area (Å²) in [5.41, 5.74) is 6.23. The summed E-state index contributed by atoms with van der Waals surface area (Å²) in [6.07, 6.45) is 0. The molecule has 0 saturated carbocycles. The molecule has 0 saturated heterocycles. The summed E-state index contributed by atoms with van der Waals surface area (Å²) in [5.74, 6) is -0.393. The number of aliphatic hydroxyl groups excluding tert-OH is 1. The lowest BCUT2D eigenvalue weighted by atomic mass is 10.1. The molecule has 19 heavy (non-hydrogen) atoms. The van der Waals surface area contributed by atoms with E-state index >= 15 is 0 Å². The zero-order chi connectivity index (χ0) is 14.3. The van der Waals surface area contributed by atoms with Crippen molar-refractivity contribution in [2.75, 3.05) is 33.4 Å². The molecule has 4 nitrogen and oxygen atoms in total. The Hall–Kier alpha value is -1.08. The third-order valence-electron chi connectivity index (χ3n) is 2.77. The van der Waals surface area contributed by atoms with Crippen LogP contribution in [0.25, 0.3) is 0 Å². The average molecular weight is 286 g/mol. The molecular weight excluding hydrogens is 267 g/mol. The molecule has 1 rings (SSSR count). The smallest absolute Gasteiger partial charge is 0.137 e.